The largest absolute Gasteiger partial charge is 0.494 e. The van der Waals surface area contributed by atoms with Crippen LogP contribution in [0, 0.1) is 6.57 Å². The smallest absolute Gasteiger partial charge is 0.343 e. The summed E-state index contributed by atoms with van der Waals surface area (Å²) in [4.78, 5) is 16.2. The zero-order chi connectivity index (χ0) is 24.2. The van der Waals surface area contributed by atoms with Gasteiger partial charge in [-0.3, -0.25) is 0 Å². The van der Waals surface area contributed by atoms with E-state index in [9.17, 15) is 4.79 Å². The summed E-state index contributed by atoms with van der Waals surface area (Å²) in [5.41, 5.74) is 5.58. The maximum Gasteiger partial charge on any atom is 0.343 e. The van der Waals surface area contributed by atoms with Crippen molar-refractivity contribution in [3.8, 4) is 22.6 Å². The Kier molecular flexibility index (Phi) is 6.80. The number of ether oxygens (including phenoxy) is 4. The summed E-state index contributed by atoms with van der Waals surface area (Å²) in [5, 5.41) is 0. The van der Waals surface area contributed by atoms with Crippen LogP contribution in [0.15, 0.2) is 60.7 Å². The van der Waals surface area contributed by atoms with Gasteiger partial charge in [-0.2, -0.15) is 0 Å². The zero-order valence-corrected chi connectivity index (χ0v) is 19.7. The Balaban J connectivity index is 1.13. The van der Waals surface area contributed by atoms with E-state index in [0.717, 1.165) is 47.5 Å². The fraction of sp³-hybridized carbons (Fsp3) is 0.310. The molecule has 1 heterocycles. The van der Waals surface area contributed by atoms with Crippen molar-refractivity contribution in [3.63, 3.8) is 0 Å². The Labute approximate surface area is 205 Å². The molecule has 0 aromatic heterocycles. The molecule has 1 saturated heterocycles. The van der Waals surface area contributed by atoms with Crippen LogP contribution in [0.1, 0.15) is 47.2 Å². The maximum atomic E-state index is 12.7. The van der Waals surface area contributed by atoms with E-state index in [-0.39, 0.29) is 5.92 Å². The molecule has 5 rings (SSSR count). The van der Waals surface area contributed by atoms with Crippen LogP contribution in [-0.4, -0.2) is 38.5 Å². The zero-order valence-electron chi connectivity index (χ0n) is 19.7. The third-order valence-electron chi connectivity index (χ3n) is 6.37. The molecular formula is C29H27NO5. The van der Waals surface area contributed by atoms with E-state index in [1.807, 2.05) is 36.4 Å². The minimum Gasteiger partial charge on any atom is -0.494 e. The summed E-state index contributed by atoms with van der Waals surface area (Å²) in [6.45, 7) is 12.2. The first kappa shape index (κ1) is 23.1. The number of esters is 1. The van der Waals surface area contributed by atoms with Gasteiger partial charge >= 0.3 is 5.97 Å². The van der Waals surface area contributed by atoms with Crippen molar-refractivity contribution in [2.45, 2.75) is 31.8 Å². The number of hydrogen-bond donors (Lipinski definition) is 0. The second-order valence-electron chi connectivity index (χ2n) is 8.85. The molecule has 6 nitrogen and oxygen atoms in total. The summed E-state index contributed by atoms with van der Waals surface area (Å²) in [7, 11) is 0. The highest BCUT2D eigenvalue weighted by Crippen LogP contribution is 2.47. The third-order valence-corrected chi connectivity index (χ3v) is 6.37. The molecule has 2 unspecified atom stereocenters. The number of epoxide rings is 1. The van der Waals surface area contributed by atoms with Crippen molar-refractivity contribution in [2.24, 2.45) is 0 Å². The van der Waals surface area contributed by atoms with Gasteiger partial charge in [0.1, 0.15) is 17.6 Å². The predicted octanol–water partition coefficient (Wildman–Crippen LogP) is 6.16. The molecule has 3 aromatic rings. The van der Waals surface area contributed by atoms with Crippen molar-refractivity contribution in [2.75, 3.05) is 26.4 Å². The van der Waals surface area contributed by atoms with Crippen LogP contribution in [0.4, 0.5) is 5.69 Å². The second-order valence-corrected chi connectivity index (χ2v) is 8.85. The first-order chi connectivity index (χ1) is 17.1. The van der Waals surface area contributed by atoms with Gasteiger partial charge in [-0.1, -0.05) is 31.2 Å². The fourth-order valence-corrected chi connectivity index (χ4v) is 4.33. The Morgan fingerprint density at radius 3 is 2.40 bits per heavy atom. The Hall–Kier alpha value is -3.66. The van der Waals surface area contributed by atoms with Crippen molar-refractivity contribution >= 4 is 11.7 Å². The van der Waals surface area contributed by atoms with E-state index in [4.69, 9.17) is 25.5 Å². The van der Waals surface area contributed by atoms with Crippen LogP contribution < -0.4 is 9.47 Å². The molecule has 0 bridgehead atoms. The molecule has 1 aliphatic heterocycles. The van der Waals surface area contributed by atoms with Gasteiger partial charge in [-0.15, -0.1) is 0 Å². The summed E-state index contributed by atoms with van der Waals surface area (Å²) in [5.74, 6) is 0.952. The van der Waals surface area contributed by atoms with E-state index in [1.165, 1.54) is 0 Å². The molecule has 1 fully saturated rings. The van der Waals surface area contributed by atoms with Gasteiger partial charge in [0, 0.05) is 12.5 Å². The molecule has 0 amide bonds. The third kappa shape index (κ3) is 5.37. The van der Waals surface area contributed by atoms with Crippen LogP contribution >= 0.6 is 0 Å². The lowest BCUT2D eigenvalue weighted by atomic mass is 9.99. The lowest BCUT2D eigenvalue weighted by Gasteiger charge is -2.10. The number of nitrogens with zero attached hydrogens (tertiary/aromatic N) is 1. The number of unbranched alkanes of at least 4 members (excludes halogenated alkanes) is 1. The quantitative estimate of drug-likeness (QED) is 0.117. The summed E-state index contributed by atoms with van der Waals surface area (Å²) < 4.78 is 22.0. The number of benzene rings is 3. The van der Waals surface area contributed by atoms with E-state index in [1.54, 1.807) is 24.3 Å². The summed E-state index contributed by atoms with van der Waals surface area (Å²) >= 11 is 0. The minimum atomic E-state index is -0.410. The SMILES string of the molecule is [C-]#[N+]c1ccc2c(c1)C(C)c1cc(OC(=O)c3ccc(OCCCCOCC4CO4)cc3)ccc1-2. The molecule has 6 heteroatoms. The highest BCUT2D eigenvalue weighted by molar-refractivity contribution is 5.91. The first-order valence-electron chi connectivity index (χ1n) is 11.9. The van der Waals surface area contributed by atoms with Gasteiger partial charge in [-0.05, 0) is 71.5 Å². The molecule has 0 radical (unpaired) electrons. The minimum absolute atomic E-state index is 0.135. The predicted molar refractivity (Wildman–Crippen MR) is 132 cm³/mol. The van der Waals surface area contributed by atoms with Gasteiger partial charge in [0.2, 0.25) is 0 Å². The van der Waals surface area contributed by atoms with Crippen LogP contribution in [0.25, 0.3) is 16.0 Å². The van der Waals surface area contributed by atoms with Gasteiger partial charge in [-0.25, -0.2) is 9.64 Å². The van der Waals surface area contributed by atoms with E-state index in [0.29, 0.717) is 42.9 Å². The average molecular weight is 470 g/mol. The molecule has 0 N–H and O–H groups in total. The molecule has 0 spiro atoms. The van der Waals surface area contributed by atoms with Crippen LogP contribution in [0.2, 0.25) is 0 Å². The normalized spacial score (nSPS) is 17.3. The van der Waals surface area contributed by atoms with Crippen molar-refractivity contribution < 1.29 is 23.7 Å². The molecular weight excluding hydrogens is 442 g/mol. The number of carbonyl (C=O) groups is 1. The molecule has 1 aliphatic carbocycles. The Morgan fingerprint density at radius 2 is 1.66 bits per heavy atom. The van der Waals surface area contributed by atoms with Crippen LogP contribution in [-0.2, 0) is 9.47 Å². The maximum absolute atomic E-state index is 12.7. The monoisotopic (exact) mass is 469 g/mol. The number of rotatable bonds is 10. The number of fused-ring (bicyclic) bond motifs is 3. The Morgan fingerprint density at radius 1 is 0.971 bits per heavy atom. The van der Waals surface area contributed by atoms with Crippen LogP contribution in [0.5, 0.6) is 11.5 Å². The molecule has 35 heavy (non-hydrogen) atoms. The lowest BCUT2D eigenvalue weighted by Crippen LogP contribution is -2.09. The topological polar surface area (TPSA) is 61.7 Å². The highest BCUT2D eigenvalue weighted by atomic mass is 16.6. The number of carbonyl (C=O) groups excluding carboxylic acids is 1. The lowest BCUT2D eigenvalue weighted by molar-refractivity contribution is 0.0734. The van der Waals surface area contributed by atoms with E-state index >= 15 is 0 Å². The molecule has 2 aliphatic rings. The first-order valence-corrected chi connectivity index (χ1v) is 11.9. The van der Waals surface area contributed by atoms with E-state index < -0.39 is 5.97 Å². The van der Waals surface area contributed by atoms with E-state index in [2.05, 4.69) is 11.8 Å². The molecule has 0 saturated carbocycles. The fourth-order valence-electron chi connectivity index (χ4n) is 4.33. The van der Waals surface area contributed by atoms with Crippen LogP contribution in [0.3, 0.4) is 0 Å². The van der Waals surface area contributed by atoms with Gasteiger partial charge in [0.15, 0.2) is 5.69 Å². The Bertz CT molecular complexity index is 1260. The molecule has 2 atom stereocenters. The highest BCUT2D eigenvalue weighted by Gasteiger charge is 2.26. The number of hydrogen-bond acceptors (Lipinski definition) is 5. The van der Waals surface area contributed by atoms with Crippen molar-refractivity contribution in [3.05, 3.63) is 88.8 Å². The van der Waals surface area contributed by atoms with Gasteiger partial charge in [0.05, 0.1) is 32.0 Å². The second kappa shape index (κ2) is 10.3. The molecule has 3 aromatic carbocycles. The molecule has 178 valence electrons. The standard InChI is InChI=1S/C29H27NO5/c1-19-27-15-21(30-2)7-11-25(27)26-12-10-23(16-28(19)26)35-29(31)20-5-8-22(9-6-20)33-14-4-3-13-32-17-24-18-34-24/h5-12,15-16,19,24H,3-4,13-14,17-18H2,1H3. The summed E-state index contributed by atoms with van der Waals surface area (Å²) in [6.07, 6.45) is 2.14. The van der Waals surface area contributed by atoms with Crippen molar-refractivity contribution in [1.82, 2.24) is 0 Å². The van der Waals surface area contributed by atoms with Gasteiger partial charge < -0.3 is 18.9 Å². The van der Waals surface area contributed by atoms with Crippen molar-refractivity contribution in [1.29, 1.82) is 0 Å². The van der Waals surface area contributed by atoms with Gasteiger partial charge in [0.25, 0.3) is 0 Å². The average Bonchev–Trinajstić information content (AvgIpc) is 3.68. The summed E-state index contributed by atoms with van der Waals surface area (Å²) in [6, 6.07) is 18.5.